The average Bonchev–Trinajstić information content (AvgIpc) is 2.68. The molecule has 0 unspecified atom stereocenters. The van der Waals surface area contributed by atoms with Crippen molar-refractivity contribution in [3.8, 4) is 17.0 Å². The van der Waals surface area contributed by atoms with Crippen LogP contribution in [0.1, 0.15) is 19.4 Å². The first-order chi connectivity index (χ1) is 13.8. The van der Waals surface area contributed by atoms with E-state index in [2.05, 4.69) is 18.8 Å². The van der Waals surface area contributed by atoms with Gasteiger partial charge in [-0.25, -0.2) is 0 Å². The number of hydrogen-bond acceptors (Lipinski definition) is 6. The lowest BCUT2D eigenvalue weighted by atomic mass is 10.0. The normalized spacial score (nSPS) is 11.4. The van der Waals surface area contributed by atoms with E-state index >= 15 is 0 Å². The number of pyridine rings is 1. The molecule has 0 radical (unpaired) electrons. The number of nitrogens with zero attached hydrogens (tertiary/aromatic N) is 2. The number of hydrogen-bond donors (Lipinski definition) is 0. The molecule has 0 N–H and O–H groups in total. The Morgan fingerprint density at radius 2 is 1.69 bits per heavy atom. The van der Waals surface area contributed by atoms with Crippen molar-refractivity contribution < 1.29 is 17.5 Å². The molecule has 0 bridgehead atoms. The molecule has 3 aromatic rings. The van der Waals surface area contributed by atoms with Gasteiger partial charge in [0.2, 0.25) is 0 Å². The number of non-ortho nitro benzene ring substituents is 1. The molecular weight excluding hydrogens is 392 g/mol. The summed E-state index contributed by atoms with van der Waals surface area (Å²) < 4.78 is 30.8. The van der Waals surface area contributed by atoms with Crippen LogP contribution < -0.4 is 4.18 Å². The summed E-state index contributed by atoms with van der Waals surface area (Å²) in [6.07, 6.45) is 2.44. The Labute approximate surface area is 169 Å². The van der Waals surface area contributed by atoms with Gasteiger partial charge in [-0.3, -0.25) is 15.1 Å². The maximum absolute atomic E-state index is 12.8. The Morgan fingerprint density at radius 1 is 1.03 bits per heavy atom. The van der Waals surface area contributed by atoms with Crippen LogP contribution in [0.15, 0.2) is 71.8 Å². The molecule has 1 heterocycles. The fraction of sp³-hybridized carbons (Fsp3) is 0.190. The molecule has 0 spiro atoms. The first kappa shape index (κ1) is 20.5. The molecule has 3 rings (SSSR count). The van der Waals surface area contributed by atoms with Gasteiger partial charge in [0.05, 0.1) is 10.6 Å². The van der Waals surface area contributed by atoms with Gasteiger partial charge in [0.25, 0.3) is 5.69 Å². The predicted molar refractivity (Wildman–Crippen MR) is 109 cm³/mol. The average molecular weight is 412 g/mol. The topological polar surface area (TPSA) is 99.4 Å². The summed E-state index contributed by atoms with van der Waals surface area (Å²) >= 11 is 0. The molecule has 0 atom stereocenters. The molecule has 0 aliphatic rings. The summed E-state index contributed by atoms with van der Waals surface area (Å²) in [5.41, 5.74) is 1.94. The van der Waals surface area contributed by atoms with Gasteiger partial charge in [0, 0.05) is 23.9 Å². The highest BCUT2D eigenvalue weighted by Crippen LogP contribution is 2.28. The summed E-state index contributed by atoms with van der Waals surface area (Å²) in [7, 11) is -4.19. The number of nitro groups is 1. The van der Waals surface area contributed by atoms with Gasteiger partial charge in [-0.05, 0) is 42.2 Å². The first-order valence-corrected chi connectivity index (χ1v) is 10.4. The van der Waals surface area contributed by atoms with Crippen molar-refractivity contribution in [2.45, 2.75) is 25.2 Å². The van der Waals surface area contributed by atoms with Crippen molar-refractivity contribution in [1.82, 2.24) is 4.98 Å². The van der Waals surface area contributed by atoms with E-state index in [4.69, 9.17) is 4.18 Å². The van der Waals surface area contributed by atoms with E-state index in [1.54, 1.807) is 0 Å². The third kappa shape index (κ3) is 4.97. The van der Waals surface area contributed by atoms with Crippen LogP contribution in [0.25, 0.3) is 11.3 Å². The molecule has 8 heteroatoms. The van der Waals surface area contributed by atoms with Gasteiger partial charge in [0.15, 0.2) is 0 Å². The van der Waals surface area contributed by atoms with Crippen LogP contribution in [0.4, 0.5) is 5.69 Å². The van der Waals surface area contributed by atoms with Gasteiger partial charge in [0.1, 0.15) is 10.6 Å². The molecule has 7 nitrogen and oxygen atoms in total. The van der Waals surface area contributed by atoms with E-state index in [-0.39, 0.29) is 22.0 Å². The van der Waals surface area contributed by atoms with Crippen LogP contribution >= 0.6 is 0 Å². The molecule has 150 valence electrons. The standard InChI is InChI=1S/C21H20N2O5S/c1-15(2)14-16-5-7-17(8-6-16)21-20(4-3-13-22-21)29(26,27)28-19-11-9-18(10-12-19)23(24)25/h3-13,15H,14H2,1-2H3. The molecule has 0 saturated heterocycles. The zero-order valence-corrected chi connectivity index (χ0v) is 16.8. The van der Waals surface area contributed by atoms with Crippen LogP contribution in [0, 0.1) is 16.0 Å². The summed E-state index contributed by atoms with van der Waals surface area (Å²) in [6.45, 7) is 4.26. The van der Waals surface area contributed by atoms with Crippen molar-refractivity contribution in [3.63, 3.8) is 0 Å². The van der Waals surface area contributed by atoms with Crippen LogP contribution in [0.2, 0.25) is 0 Å². The first-order valence-electron chi connectivity index (χ1n) is 8.99. The van der Waals surface area contributed by atoms with E-state index in [1.165, 1.54) is 42.6 Å². The molecule has 0 aliphatic carbocycles. The molecule has 29 heavy (non-hydrogen) atoms. The second kappa shape index (κ2) is 8.40. The van der Waals surface area contributed by atoms with E-state index in [0.29, 0.717) is 11.5 Å². The third-order valence-electron chi connectivity index (χ3n) is 4.16. The molecule has 0 aliphatic heterocycles. The lowest BCUT2D eigenvalue weighted by Crippen LogP contribution is -2.12. The van der Waals surface area contributed by atoms with Crippen molar-refractivity contribution >= 4 is 15.8 Å². The highest BCUT2D eigenvalue weighted by atomic mass is 32.2. The largest absolute Gasteiger partial charge is 0.379 e. The van der Waals surface area contributed by atoms with Gasteiger partial charge in [-0.2, -0.15) is 8.42 Å². The van der Waals surface area contributed by atoms with Crippen molar-refractivity contribution in [3.05, 3.63) is 82.5 Å². The van der Waals surface area contributed by atoms with E-state index < -0.39 is 15.0 Å². The Bertz CT molecular complexity index is 1110. The molecule has 0 amide bonds. The second-order valence-electron chi connectivity index (χ2n) is 6.93. The van der Waals surface area contributed by atoms with Crippen molar-refractivity contribution in [2.24, 2.45) is 5.92 Å². The van der Waals surface area contributed by atoms with Gasteiger partial charge in [-0.15, -0.1) is 0 Å². The predicted octanol–water partition coefficient (Wildman–Crippen LogP) is 4.62. The lowest BCUT2D eigenvalue weighted by molar-refractivity contribution is -0.384. The zero-order chi connectivity index (χ0) is 21.0. The SMILES string of the molecule is CC(C)Cc1ccc(-c2ncccc2S(=O)(=O)Oc2ccc([N+](=O)[O-])cc2)cc1. The summed E-state index contributed by atoms with van der Waals surface area (Å²) in [5, 5.41) is 10.7. The molecule has 2 aromatic carbocycles. The van der Waals surface area contributed by atoms with Crippen LogP contribution in [0.5, 0.6) is 5.75 Å². The molecule has 1 aromatic heterocycles. The quantitative estimate of drug-likeness (QED) is 0.319. The van der Waals surface area contributed by atoms with E-state index in [9.17, 15) is 18.5 Å². The lowest BCUT2D eigenvalue weighted by Gasteiger charge is -2.11. The van der Waals surface area contributed by atoms with Crippen LogP contribution in [-0.2, 0) is 16.5 Å². The summed E-state index contributed by atoms with van der Waals surface area (Å²) in [5.74, 6) is 0.499. The fourth-order valence-electron chi connectivity index (χ4n) is 2.87. The number of rotatable bonds is 7. The fourth-order valence-corrected chi connectivity index (χ4v) is 3.98. The van der Waals surface area contributed by atoms with Gasteiger partial charge < -0.3 is 4.18 Å². The number of benzene rings is 2. The van der Waals surface area contributed by atoms with E-state index in [0.717, 1.165) is 12.0 Å². The minimum Gasteiger partial charge on any atom is -0.379 e. The van der Waals surface area contributed by atoms with Crippen molar-refractivity contribution in [2.75, 3.05) is 0 Å². The minimum atomic E-state index is -4.19. The minimum absolute atomic E-state index is 0.0160. The maximum Gasteiger partial charge on any atom is 0.341 e. The van der Waals surface area contributed by atoms with Gasteiger partial charge >= 0.3 is 10.1 Å². The second-order valence-corrected chi connectivity index (χ2v) is 8.45. The highest BCUT2D eigenvalue weighted by Gasteiger charge is 2.23. The van der Waals surface area contributed by atoms with Gasteiger partial charge in [-0.1, -0.05) is 38.1 Å². The smallest absolute Gasteiger partial charge is 0.341 e. The number of aromatic nitrogens is 1. The van der Waals surface area contributed by atoms with Crippen molar-refractivity contribution in [1.29, 1.82) is 0 Å². The van der Waals surface area contributed by atoms with E-state index in [1.807, 2.05) is 24.3 Å². The Morgan fingerprint density at radius 3 is 2.28 bits per heavy atom. The third-order valence-corrected chi connectivity index (χ3v) is 5.44. The Balaban J connectivity index is 1.91. The van der Waals surface area contributed by atoms with Crippen LogP contribution in [-0.4, -0.2) is 18.3 Å². The monoisotopic (exact) mass is 412 g/mol. The maximum atomic E-state index is 12.8. The van der Waals surface area contributed by atoms with Crippen LogP contribution in [0.3, 0.4) is 0 Å². The summed E-state index contributed by atoms with van der Waals surface area (Å²) in [6, 6.07) is 15.4. The highest BCUT2D eigenvalue weighted by molar-refractivity contribution is 7.87. The zero-order valence-electron chi connectivity index (χ0n) is 16.0. The molecular formula is C21H20N2O5S. The molecule has 0 fully saturated rings. The summed E-state index contributed by atoms with van der Waals surface area (Å²) in [4.78, 5) is 14.3. The number of nitro benzene ring substituents is 1. The Hall–Kier alpha value is -3.26. The molecule has 0 saturated carbocycles. The Kier molecular flexibility index (Phi) is 5.93.